The van der Waals surface area contributed by atoms with E-state index in [1.54, 1.807) is 0 Å². The van der Waals surface area contributed by atoms with Gasteiger partial charge in [-0.05, 0) is 0 Å². The van der Waals surface area contributed by atoms with Gasteiger partial charge in [-0.15, -0.1) is 0 Å². The summed E-state index contributed by atoms with van der Waals surface area (Å²) >= 11 is 0. The molecule has 0 fully saturated rings. The van der Waals surface area contributed by atoms with Gasteiger partial charge in [0, 0.05) is 19.3 Å². The van der Waals surface area contributed by atoms with Crippen LogP contribution in [0.4, 0.5) is 0 Å². The molecule has 0 heterocycles. The van der Waals surface area contributed by atoms with Gasteiger partial charge in [-0.3, -0.25) is 4.79 Å². The Labute approximate surface area is 80.8 Å². The van der Waals surface area contributed by atoms with Gasteiger partial charge >= 0.3 is 35.5 Å². The largest absolute Gasteiger partial charge is 1.00 e. The van der Waals surface area contributed by atoms with Gasteiger partial charge in [0.15, 0.2) is 0 Å². The van der Waals surface area contributed by atoms with Crippen molar-refractivity contribution in [2.24, 2.45) is 0 Å². The van der Waals surface area contributed by atoms with Crippen LogP contribution in [0.25, 0.3) is 0 Å². The van der Waals surface area contributed by atoms with Crippen LogP contribution in [0, 0.1) is 0 Å². The zero-order valence-corrected chi connectivity index (χ0v) is 8.05. The molecule has 52 valence electrons. The summed E-state index contributed by atoms with van der Waals surface area (Å²) in [6.07, 6.45) is -0.237. The molecule has 0 spiro atoms. The predicted molar refractivity (Wildman–Crippen MR) is 26.3 cm³/mol. The molecule has 0 unspecified atom stereocenters. The third kappa shape index (κ3) is 10.8. The van der Waals surface area contributed by atoms with Crippen molar-refractivity contribution in [3.05, 3.63) is 0 Å². The molecule has 5 heteroatoms. The van der Waals surface area contributed by atoms with E-state index < -0.39 is 11.9 Å². The van der Waals surface area contributed by atoms with E-state index in [0.29, 0.717) is 0 Å². The molecular formula is C5H7NaO4. The molecule has 0 aliphatic carbocycles. The Morgan fingerprint density at radius 3 is 2.30 bits per heavy atom. The molecule has 0 rings (SSSR count). The van der Waals surface area contributed by atoms with E-state index in [1.807, 2.05) is 0 Å². The van der Waals surface area contributed by atoms with Gasteiger partial charge in [-0.1, -0.05) is 0 Å². The minimum absolute atomic E-state index is 0. The fourth-order valence-corrected chi connectivity index (χ4v) is 0.278. The van der Waals surface area contributed by atoms with Crippen LogP contribution in [0.1, 0.15) is 13.3 Å². The van der Waals surface area contributed by atoms with Crippen molar-refractivity contribution in [1.29, 1.82) is 0 Å². The molecule has 0 saturated heterocycles. The number of ether oxygens (including phenoxy) is 1. The Balaban J connectivity index is 0. The second-order valence-electron chi connectivity index (χ2n) is 1.46. The molecule has 0 radical (unpaired) electrons. The summed E-state index contributed by atoms with van der Waals surface area (Å²) in [4.78, 5) is 19.7. The first-order chi connectivity index (χ1) is 4.13. The maximum Gasteiger partial charge on any atom is 1.00 e. The average Bonchev–Trinajstić information content (AvgIpc) is 1.63. The summed E-state index contributed by atoms with van der Waals surface area (Å²) in [7, 11) is 0. The van der Waals surface area contributed by atoms with Crippen molar-refractivity contribution in [2.75, 3.05) is 6.61 Å². The second kappa shape index (κ2) is 7.05. The summed E-state index contributed by atoms with van der Waals surface area (Å²) in [5, 5.41) is 9.68. The molecule has 0 aliphatic rings. The first-order valence-electron chi connectivity index (χ1n) is 2.46. The van der Waals surface area contributed by atoms with Crippen molar-refractivity contribution < 1.29 is 49.0 Å². The van der Waals surface area contributed by atoms with E-state index in [0.717, 1.165) is 0 Å². The Morgan fingerprint density at radius 2 is 2.00 bits per heavy atom. The maximum absolute atomic E-state index is 9.99. The van der Waals surface area contributed by atoms with Crippen LogP contribution < -0.4 is 34.7 Å². The monoisotopic (exact) mass is 154 g/mol. The van der Waals surface area contributed by atoms with Gasteiger partial charge in [-0.2, -0.15) is 0 Å². The van der Waals surface area contributed by atoms with E-state index >= 15 is 0 Å². The minimum atomic E-state index is -1.21. The van der Waals surface area contributed by atoms with E-state index in [4.69, 9.17) is 0 Å². The number of carboxylic acids is 1. The zero-order valence-electron chi connectivity index (χ0n) is 6.05. The summed E-state index contributed by atoms with van der Waals surface area (Å²) < 4.78 is 4.29. The first kappa shape index (κ1) is 12.6. The Kier molecular flexibility index (Phi) is 8.89. The summed E-state index contributed by atoms with van der Waals surface area (Å²) in [5.74, 6) is -1.69. The number of hydrogen-bond acceptors (Lipinski definition) is 4. The SMILES string of the molecule is CC(=O)OCCC(=O)[O-].[Na+]. The van der Waals surface area contributed by atoms with Crippen molar-refractivity contribution in [3.8, 4) is 0 Å². The first-order valence-corrected chi connectivity index (χ1v) is 2.46. The standard InChI is InChI=1S/C5H8O4.Na/c1-4(6)9-3-2-5(7)8;/h2-3H2,1H3,(H,7,8);/q;+1/p-1. The van der Waals surface area contributed by atoms with Crippen LogP contribution in [-0.2, 0) is 14.3 Å². The summed E-state index contributed by atoms with van der Waals surface area (Å²) in [6.45, 7) is 1.12. The van der Waals surface area contributed by atoms with E-state index in [-0.39, 0.29) is 42.6 Å². The van der Waals surface area contributed by atoms with Gasteiger partial charge in [-0.25, -0.2) is 0 Å². The topological polar surface area (TPSA) is 66.4 Å². The molecule has 0 aromatic rings. The number of carboxylic acid groups (broad SMARTS) is 1. The molecule has 0 N–H and O–H groups in total. The van der Waals surface area contributed by atoms with Crippen LogP contribution in [0.2, 0.25) is 0 Å². The molecule has 10 heavy (non-hydrogen) atoms. The molecule has 0 aromatic heterocycles. The van der Waals surface area contributed by atoms with Gasteiger partial charge in [0.05, 0.1) is 6.61 Å². The number of carbonyl (C=O) groups is 2. The fourth-order valence-electron chi connectivity index (χ4n) is 0.278. The normalized spacial score (nSPS) is 7.70. The number of rotatable bonds is 3. The Bertz CT molecular complexity index is 109. The van der Waals surface area contributed by atoms with Crippen molar-refractivity contribution in [2.45, 2.75) is 13.3 Å². The third-order valence-corrected chi connectivity index (χ3v) is 0.612. The molecule has 0 aliphatic heterocycles. The molecule has 0 atom stereocenters. The van der Waals surface area contributed by atoms with E-state index in [1.165, 1.54) is 6.92 Å². The van der Waals surface area contributed by atoms with E-state index in [2.05, 4.69) is 4.74 Å². The fraction of sp³-hybridized carbons (Fsp3) is 0.600. The van der Waals surface area contributed by atoms with Crippen LogP contribution in [-0.4, -0.2) is 18.5 Å². The van der Waals surface area contributed by atoms with Gasteiger partial charge in [0.25, 0.3) is 0 Å². The van der Waals surface area contributed by atoms with Crippen LogP contribution in [0.3, 0.4) is 0 Å². The Morgan fingerprint density at radius 1 is 1.50 bits per heavy atom. The number of aliphatic carboxylic acids is 1. The number of hydrogen-bond donors (Lipinski definition) is 0. The van der Waals surface area contributed by atoms with Crippen molar-refractivity contribution in [3.63, 3.8) is 0 Å². The summed E-state index contributed by atoms with van der Waals surface area (Å²) in [6, 6.07) is 0. The second-order valence-corrected chi connectivity index (χ2v) is 1.46. The average molecular weight is 154 g/mol. The Hall–Kier alpha value is -0.0600. The molecule has 4 nitrogen and oxygen atoms in total. The van der Waals surface area contributed by atoms with E-state index in [9.17, 15) is 14.7 Å². The predicted octanol–water partition coefficient (Wildman–Crippen LogP) is -4.31. The molecule has 0 saturated carbocycles. The molecule has 0 bridgehead atoms. The maximum atomic E-state index is 9.99. The van der Waals surface area contributed by atoms with Crippen molar-refractivity contribution in [1.82, 2.24) is 0 Å². The smallest absolute Gasteiger partial charge is 0.550 e. The van der Waals surface area contributed by atoms with Gasteiger partial charge < -0.3 is 14.6 Å². The number of carbonyl (C=O) groups excluding carboxylic acids is 2. The van der Waals surface area contributed by atoms with Crippen LogP contribution in [0.15, 0.2) is 0 Å². The zero-order chi connectivity index (χ0) is 7.28. The van der Waals surface area contributed by atoms with Crippen LogP contribution in [0.5, 0.6) is 0 Å². The molecular weight excluding hydrogens is 147 g/mol. The molecule has 0 amide bonds. The molecule has 0 aromatic carbocycles. The summed E-state index contributed by atoms with van der Waals surface area (Å²) in [5.41, 5.74) is 0. The van der Waals surface area contributed by atoms with Crippen molar-refractivity contribution >= 4 is 11.9 Å². The van der Waals surface area contributed by atoms with Crippen LogP contribution >= 0.6 is 0 Å². The number of esters is 1. The third-order valence-electron chi connectivity index (χ3n) is 0.612. The minimum Gasteiger partial charge on any atom is -0.550 e. The van der Waals surface area contributed by atoms with Gasteiger partial charge in [0.2, 0.25) is 0 Å². The quantitative estimate of drug-likeness (QED) is 0.304. The van der Waals surface area contributed by atoms with Gasteiger partial charge in [0.1, 0.15) is 0 Å².